The van der Waals surface area contributed by atoms with Gasteiger partial charge in [-0.05, 0) is 49.9 Å². The lowest BCUT2D eigenvalue weighted by atomic mass is 10.0. The number of hydrogen-bond acceptors (Lipinski definition) is 3. The third kappa shape index (κ3) is 4.10. The Balaban J connectivity index is 1.45. The fraction of sp³-hybridized carbons (Fsp3) is 0.556. The molecule has 2 aliphatic heterocycles. The number of amides is 2. The molecule has 0 spiro atoms. The van der Waals surface area contributed by atoms with Gasteiger partial charge in [-0.15, -0.1) is 0 Å². The Bertz CT molecular complexity index is 567. The Morgan fingerprint density at radius 1 is 1.30 bits per heavy atom. The molecule has 1 fully saturated rings. The number of nitrogens with zero attached hydrogens (tertiary/aromatic N) is 1. The highest BCUT2D eigenvalue weighted by molar-refractivity contribution is 5.96. The second kappa shape index (κ2) is 7.59. The van der Waals surface area contributed by atoms with Crippen LogP contribution in [-0.4, -0.2) is 38.0 Å². The summed E-state index contributed by atoms with van der Waals surface area (Å²) in [7, 11) is 0. The van der Waals surface area contributed by atoms with Crippen molar-refractivity contribution < 1.29 is 9.59 Å². The molecule has 5 nitrogen and oxygen atoms in total. The molecule has 2 N–H and O–H groups in total. The number of rotatable bonds is 6. The second-order valence-electron chi connectivity index (χ2n) is 6.42. The van der Waals surface area contributed by atoms with E-state index in [1.54, 1.807) is 4.90 Å². The Morgan fingerprint density at radius 3 is 3.00 bits per heavy atom. The SMILES string of the molecule is O=C(CCN1C(=O)CCc2ccccc21)NCCC1CCNC1. The average molecular weight is 315 g/mol. The molecule has 0 aromatic heterocycles. The zero-order chi connectivity index (χ0) is 16.1. The molecule has 0 saturated carbocycles. The molecular weight excluding hydrogens is 290 g/mol. The monoisotopic (exact) mass is 315 g/mol. The van der Waals surface area contributed by atoms with E-state index in [0.717, 1.165) is 38.2 Å². The van der Waals surface area contributed by atoms with Crippen molar-refractivity contribution in [2.24, 2.45) is 5.92 Å². The van der Waals surface area contributed by atoms with Gasteiger partial charge in [-0.3, -0.25) is 9.59 Å². The number of carbonyl (C=O) groups excluding carboxylic acids is 2. The summed E-state index contributed by atoms with van der Waals surface area (Å²) in [6.45, 7) is 3.35. The number of aryl methyl sites for hydroxylation is 1. The summed E-state index contributed by atoms with van der Waals surface area (Å²) in [5, 5.41) is 6.32. The van der Waals surface area contributed by atoms with Gasteiger partial charge in [-0.2, -0.15) is 0 Å². The van der Waals surface area contributed by atoms with E-state index in [1.165, 1.54) is 12.0 Å². The van der Waals surface area contributed by atoms with Crippen molar-refractivity contribution in [3.05, 3.63) is 29.8 Å². The van der Waals surface area contributed by atoms with Gasteiger partial charge in [0.05, 0.1) is 0 Å². The van der Waals surface area contributed by atoms with Gasteiger partial charge in [-0.25, -0.2) is 0 Å². The Kier molecular flexibility index (Phi) is 5.28. The highest BCUT2D eigenvalue weighted by Crippen LogP contribution is 2.27. The van der Waals surface area contributed by atoms with Crippen molar-refractivity contribution in [3.63, 3.8) is 0 Å². The maximum Gasteiger partial charge on any atom is 0.227 e. The molecule has 124 valence electrons. The zero-order valence-corrected chi connectivity index (χ0v) is 13.5. The summed E-state index contributed by atoms with van der Waals surface area (Å²) < 4.78 is 0. The van der Waals surface area contributed by atoms with Crippen LogP contribution in [0.15, 0.2) is 24.3 Å². The standard InChI is InChI=1S/C18H25N3O2/c22-17(20-11-8-14-7-10-19-13-14)9-12-21-16-4-2-1-3-15(16)5-6-18(21)23/h1-4,14,19H,5-13H2,(H,20,22). The second-order valence-corrected chi connectivity index (χ2v) is 6.42. The molecule has 5 heteroatoms. The molecule has 1 unspecified atom stereocenters. The van der Waals surface area contributed by atoms with Crippen LogP contribution in [0.5, 0.6) is 0 Å². The molecule has 2 aliphatic rings. The van der Waals surface area contributed by atoms with E-state index in [9.17, 15) is 9.59 Å². The van der Waals surface area contributed by atoms with Crippen molar-refractivity contribution in [3.8, 4) is 0 Å². The fourth-order valence-electron chi connectivity index (χ4n) is 3.42. The lowest BCUT2D eigenvalue weighted by Gasteiger charge is -2.29. The van der Waals surface area contributed by atoms with Crippen LogP contribution in [0.25, 0.3) is 0 Å². The topological polar surface area (TPSA) is 61.4 Å². The van der Waals surface area contributed by atoms with E-state index in [2.05, 4.69) is 16.7 Å². The van der Waals surface area contributed by atoms with E-state index in [1.807, 2.05) is 18.2 Å². The van der Waals surface area contributed by atoms with Crippen LogP contribution in [0.1, 0.15) is 31.2 Å². The van der Waals surface area contributed by atoms with Gasteiger partial charge in [0.25, 0.3) is 0 Å². The summed E-state index contributed by atoms with van der Waals surface area (Å²) in [6.07, 6.45) is 3.93. The lowest BCUT2D eigenvalue weighted by molar-refractivity contribution is -0.121. The highest BCUT2D eigenvalue weighted by atomic mass is 16.2. The molecule has 0 radical (unpaired) electrons. The first-order chi connectivity index (χ1) is 11.2. The predicted molar refractivity (Wildman–Crippen MR) is 90.3 cm³/mol. The van der Waals surface area contributed by atoms with E-state index in [0.29, 0.717) is 25.3 Å². The number of para-hydroxylation sites is 1. The first-order valence-electron chi connectivity index (χ1n) is 8.60. The van der Waals surface area contributed by atoms with Crippen LogP contribution in [0.4, 0.5) is 5.69 Å². The van der Waals surface area contributed by atoms with E-state index in [4.69, 9.17) is 0 Å². The molecule has 1 aromatic carbocycles. The largest absolute Gasteiger partial charge is 0.356 e. The molecule has 1 aromatic rings. The van der Waals surface area contributed by atoms with Crippen LogP contribution < -0.4 is 15.5 Å². The third-order valence-corrected chi connectivity index (χ3v) is 4.79. The maximum absolute atomic E-state index is 12.1. The fourth-order valence-corrected chi connectivity index (χ4v) is 3.42. The van der Waals surface area contributed by atoms with Crippen molar-refractivity contribution >= 4 is 17.5 Å². The molecule has 1 atom stereocenters. The van der Waals surface area contributed by atoms with Gasteiger partial charge in [0.2, 0.25) is 11.8 Å². The number of fused-ring (bicyclic) bond motifs is 1. The smallest absolute Gasteiger partial charge is 0.227 e. The minimum atomic E-state index is 0.0341. The molecule has 0 bridgehead atoms. The van der Waals surface area contributed by atoms with Gasteiger partial charge in [0.1, 0.15) is 0 Å². The van der Waals surface area contributed by atoms with Crippen LogP contribution in [0.2, 0.25) is 0 Å². The Hall–Kier alpha value is -1.88. The van der Waals surface area contributed by atoms with Crippen molar-refractivity contribution in [2.75, 3.05) is 31.1 Å². The summed E-state index contributed by atoms with van der Waals surface area (Å²) in [5.74, 6) is 0.839. The maximum atomic E-state index is 12.1. The number of hydrogen-bond donors (Lipinski definition) is 2. The first kappa shape index (κ1) is 16.0. The van der Waals surface area contributed by atoms with Gasteiger partial charge in [0.15, 0.2) is 0 Å². The molecule has 3 rings (SSSR count). The van der Waals surface area contributed by atoms with Crippen molar-refractivity contribution in [1.29, 1.82) is 0 Å². The minimum absolute atomic E-state index is 0.0341. The normalized spacial score (nSPS) is 20.4. The van der Waals surface area contributed by atoms with Crippen LogP contribution >= 0.6 is 0 Å². The zero-order valence-electron chi connectivity index (χ0n) is 13.5. The first-order valence-corrected chi connectivity index (χ1v) is 8.60. The Morgan fingerprint density at radius 2 is 2.17 bits per heavy atom. The average Bonchev–Trinajstić information content (AvgIpc) is 3.07. The molecular formula is C18H25N3O2. The van der Waals surface area contributed by atoms with E-state index >= 15 is 0 Å². The molecule has 23 heavy (non-hydrogen) atoms. The number of carbonyl (C=O) groups is 2. The summed E-state index contributed by atoms with van der Waals surface area (Å²) >= 11 is 0. The van der Waals surface area contributed by atoms with Crippen molar-refractivity contribution in [1.82, 2.24) is 10.6 Å². The summed E-state index contributed by atoms with van der Waals surface area (Å²) in [6, 6.07) is 7.97. The minimum Gasteiger partial charge on any atom is -0.356 e. The number of anilines is 1. The van der Waals surface area contributed by atoms with Gasteiger partial charge >= 0.3 is 0 Å². The number of benzene rings is 1. The van der Waals surface area contributed by atoms with Gasteiger partial charge in [-0.1, -0.05) is 18.2 Å². The number of nitrogens with one attached hydrogen (secondary N) is 2. The van der Waals surface area contributed by atoms with Gasteiger partial charge in [0, 0.05) is 31.6 Å². The van der Waals surface area contributed by atoms with E-state index < -0.39 is 0 Å². The van der Waals surface area contributed by atoms with Crippen molar-refractivity contribution in [2.45, 2.75) is 32.1 Å². The molecule has 2 amide bonds. The third-order valence-electron chi connectivity index (χ3n) is 4.79. The molecule has 0 aliphatic carbocycles. The van der Waals surface area contributed by atoms with Crippen LogP contribution in [0.3, 0.4) is 0 Å². The summed E-state index contributed by atoms with van der Waals surface area (Å²) in [5.41, 5.74) is 2.16. The summed E-state index contributed by atoms with van der Waals surface area (Å²) in [4.78, 5) is 25.9. The van der Waals surface area contributed by atoms with E-state index in [-0.39, 0.29) is 11.8 Å². The van der Waals surface area contributed by atoms with Gasteiger partial charge < -0.3 is 15.5 Å². The highest BCUT2D eigenvalue weighted by Gasteiger charge is 2.24. The quantitative estimate of drug-likeness (QED) is 0.836. The van der Waals surface area contributed by atoms with Crippen LogP contribution in [-0.2, 0) is 16.0 Å². The predicted octanol–water partition coefficient (Wildman–Crippen LogP) is 1.47. The van der Waals surface area contributed by atoms with Crippen LogP contribution in [0, 0.1) is 5.92 Å². The Labute approximate surface area is 137 Å². The molecule has 1 saturated heterocycles. The lowest BCUT2D eigenvalue weighted by Crippen LogP contribution is -2.38. The molecule has 2 heterocycles.